The molecule has 0 bridgehead atoms. The Morgan fingerprint density at radius 1 is 0.735 bits per heavy atom. The van der Waals surface area contributed by atoms with Crippen molar-refractivity contribution in [3.63, 3.8) is 0 Å². The van der Waals surface area contributed by atoms with Crippen LogP contribution in [-0.4, -0.2) is 27.7 Å². The minimum absolute atomic E-state index is 0.410. The third kappa shape index (κ3) is 3.27. The highest BCUT2D eigenvalue weighted by atomic mass is 16.7. The summed E-state index contributed by atoms with van der Waals surface area (Å²) in [5, 5.41) is 2.27. The fourth-order valence-corrected chi connectivity index (χ4v) is 4.71. The van der Waals surface area contributed by atoms with E-state index in [1.807, 2.05) is 24.3 Å². The summed E-state index contributed by atoms with van der Waals surface area (Å²) in [7, 11) is -0.452. The molecule has 168 valence electrons. The first kappa shape index (κ1) is 21.1. The zero-order valence-corrected chi connectivity index (χ0v) is 19.9. The van der Waals surface area contributed by atoms with Gasteiger partial charge >= 0.3 is 7.12 Å². The molecule has 3 heterocycles. The molecule has 34 heavy (non-hydrogen) atoms. The molecular weight excluding hydrogens is 419 g/mol. The Bertz CT molecular complexity index is 1510. The maximum absolute atomic E-state index is 6.48. The summed E-state index contributed by atoms with van der Waals surface area (Å²) < 4.78 is 15.1. The minimum atomic E-state index is -0.452. The predicted molar refractivity (Wildman–Crippen MR) is 139 cm³/mol. The van der Waals surface area contributed by atoms with E-state index in [1.54, 1.807) is 0 Å². The van der Waals surface area contributed by atoms with Gasteiger partial charge in [-0.05, 0) is 62.1 Å². The van der Waals surface area contributed by atoms with Crippen molar-refractivity contribution in [2.24, 2.45) is 0 Å². The lowest BCUT2D eigenvalue weighted by Gasteiger charge is -2.32. The van der Waals surface area contributed by atoms with Gasteiger partial charge < -0.3 is 9.31 Å². The van der Waals surface area contributed by atoms with Gasteiger partial charge in [0.1, 0.15) is 5.65 Å². The number of rotatable bonds is 3. The van der Waals surface area contributed by atoms with E-state index in [2.05, 4.69) is 99.0 Å². The van der Waals surface area contributed by atoms with Gasteiger partial charge in [0, 0.05) is 17.3 Å². The lowest BCUT2D eigenvalue weighted by Crippen LogP contribution is -2.41. The molecule has 1 aliphatic rings. The Hall–Kier alpha value is -3.41. The van der Waals surface area contributed by atoms with Gasteiger partial charge in [-0.2, -0.15) is 0 Å². The third-order valence-corrected chi connectivity index (χ3v) is 7.25. The summed E-state index contributed by atoms with van der Waals surface area (Å²) in [6.45, 7) is 8.37. The van der Waals surface area contributed by atoms with E-state index in [0.29, 0.717) is 0 Å². The molecule has 3 aromatic carbocycles. The van der Waals surface area contributed by atoms with Gasteiger partial charge in [-0.15, -0.1) is 0 Å². The smallest absolute Gasteiger partial charge is 0.399 e. The van der Waals surface area contributed by atoms with Gasteiger partial charge in [-0.25, -0.2) is 4.98 Å². The number of hydrogen-bond acceptors (Lipinski definition) is 3. The zero-order valence-electron chi connectivity index (χ0n) is 19.9. The summed E-state index contributed by atoms with van der Waals surface area (Å²) in [6.07, 6.45) is 2.07. The highest BCUT2D eigenvalue weighted by Crippen LogP contribution is 2.38. The Morgan fingerprint density at radius 3 is 2.18 bits per heavy atom. The normalized spacial score (nSPS) is 17.0. The van der Waals surface area contributed by atoms with Gasteiger partial charge in [0.05, 0.1) is 22.6 Å². The standard InChI is InChI=1S/C29H27BN2O2/c1-28(2)29(3,4)34-30(33-28)24-19-22(18-21-14-8-9-15-23(21)24)26-27(20-12-6-5-7-13-20)32-17-11-10-16-25(32)31-26/h5-19H,1-4H3. The third-order valence-electron chi connectivity index (χ3n) is 7.25. The molecular formula is C29H27BN2O2. The molecule has 5 aromatic rings. The molecule has 0 unspecified atom stereocenters. The fraction of sp³-hybridized carbons (Fsp3) is 0.207. The SMILES string of the molecule is CC1(C)OB(c2cc(-c3nc4ccccn4c3-c3ccccc3)cc3ccccc23)OC1(C)C. The average molecular weight is 446 g/mol. The van der Waals surface area contributed by atoms with Gasteiger partial charge in [0.15, 0.2) is 0 Å². The summed E-state index contributed by atoms with van der Waals surface area (Å²) in [6, 6.07) is 29.4. The molecule has 0 N–H and O–H groups in total. The maximum Gasteiger partial charge on any atom is 0.495 e. The molecule has 1 aliphatic heterocycles. The van der Waals surface area contributed by atoms with Crippen LogP contribution in [0.4, 0.5) is 0 Å². The van der Waals surface area contributed by atoms with Gasteiger partial charge in [0.25, 0.3) is 0 Å². The molecule has 0 spiro atoms. The van der Waals surface area contributed by atoms with Crippen molar-refractivity contribution in [3.05, 3.63) is 91.1 Å². The van der Waals surface area contributed by atoms with Crippen LogP contribution in [0.3, 0.4) is 0 Å². The molecule has 6 rings (SSSR count). The van der Waals surface area contributed by atoms with Crippen molar-refractivity contribution in [1.29, 1.82) is 0 Å². The molecule has 4 nitrogen and oxygen atoms in total. The van der Waals surface area contributed by atoms with Gasteiger partial charge in [-0.3, -0.25) is 4.40 Å². The summed E-state index contributed by atoms with van der Waals surface area (Å²) in [4.78, 5) is 5.07. The van der Waals surface area contributed by atoms with Crippen LogP contribution in [0.5, 0.6) is 0 Å². The Morgan fingerprint density at radius 2 is 1.41 bits per heavy atom. The summed E-state index contributed by atoms with van der Waals surface area (Å²) in [5.74, 6) is 0. The van der Waals surface area contributed by atoms with Crippen LogP contribution in [0, 0.1) is 0 Å². The van der Waals surface area contributed by atoms with Crippen LogP contribution in [0.15, 0.2) is 91.1 Å². The highest BCUT2D eigenvalue weighted by molar-refractivity contribution is 6.65. The first-order valence-electron chi connectivity index (χ1n) is 11.8. The number of pyridine rings is 1. The van der Waals surface area contributed by atoms with Crippen LogP contribution in [0.25, 0.3) is 38.9 Å². The largest absolute Gasteiger partial charge is 0.495 e. The zero-order chi connectivity index (χ0) is 23.5. The molecule has 2 aromatic heterocycles. The van der Waals surface area contributed by atoms with E-state index in [0.717, 1.165) is 44.4 Å². The molecule has 1 fully saturated rings. The first-order chi connectivity index (χ1) is 16.3. The number of fused-ring (bicyclic) bond motifs is 2. The number of hydrogen-bond donors (Lipinski definition) is 0. The van der Waals surface area contributed by atoms with E-state index < -0.39 is 18.3 Å². The van der Waals surface area contributed by atoms with Crippen molar-refractivity contribution >= 4 is 29.0 Å². The second-order valence-corrected chi connectivity index (χ2v) is 9.98. The molecule has 0 amide bonds. The molecule has 0 saturated carbocycles. The second-order valence-electron chi connectivity index (χ2n) is 9.98. The van der Waals surface area contributed by atoms with Gasteiger partial charge in [-0.1, -0.05) is 66.7 Å². The number of benzene rings is 3. The van der Waals surface area contributed by atoms with Crippen LogP contribution in [0.1, 0.15) is 27.7 Å². The van der Waals surface area contributed by atoms with Gasteiger partial charge in [0.2, 0.25) is 0 Å². The number of nitrogens with zero attached hydrogens (tertiary/aromatic N) is 2. The van der Waals surface area contributed by atoms with Crippen LogP contribution in [-0.2, 0) is 9.31 Å². The van der Waals surface area contributed by atoms with Crippen molar-refractivity contribution < 1.29 is 9.31 Å². The summed E-state index contributed by atoms with van der Waals surface area (Å²) >= 11 is 0. The molecule has 5 heteroatoms. The highest BCUT2D eigenvalue weighted by Gasteiger charge is 2.52. The lowest BCUT2D eigenvalue weighted by molar-refractivity contribution is 0.00578. The van der Waals surface area contributed by atoms with E-state index in [1.165, 1.54) is 0 Å². The number of aromatic nitrogens is 2. The Labute approximate surface area is 200 Å². The lowest BCUT2D eigenvalue weighted by atomic mass is 9.75. The topological polar surface area (TPSA) is 35.8 Å². The first-order valence-corrected chi connectivity index (χ1v) is 11.8. The summed E-state index contributed by atoms with van der Waals surface area (Å²) in [5.41, 5.74) is 5.32. The molecule has 1 saturated heterocycles. The second kappa shape index (κ2) is 7.56. The van der Waals surface area contributed by atoms with Crippen LogP contribution < -0.4 is 5.46 Å². The molecule has 0 radical (unpaired) electrons. The van der Waals surface area contributed by atoms with Crippen molar-refractivity contribution in [2.75, 3.05) is 0 Å². The van der Waals surface area contributed by atoms with Crippen molar-refractivity contribution in [1.82, 2.24) is 9.38 Å². The molecule has 0 aliphatic carbocycles. The minimum Gasteiger partial charge on any atom is -0.399 e. The molecule has 0 atom stereocenters. The average Bonchev–Trinajstić information content (AvgIpc) is 3.32. The predicted octanol–water partition coefficient (Wildman–Crippen LogP) is 6.12. The van der Waals surface area contributed by atoms with E-state index in [9.17, 15) is 0 Å². The Kier molecular flexibility index (Phi) is 4.70. The van der Waals surface area contributed by atoms with E-state index >= 15 is 0 Å². The number of imidazole rings is 1. The van der Waals surface area contributed by atoms with E-state index in [-0.39, 0.29) is 0 Å². The fourth-order valence-electron chi connectivity index (χ4n) is 4.71. The monoisotopic (exact) mass is 446 g/mol. The van der Waals surface area contributed by atoms with Crippen molar-refractivity contribution in [2.45, 2.75) is 38.9 Å². The Balaban J connectivity index is 1.61. The quantitative estimate of drug-likeness (QED) is 0.313. The maximum atomic E-state index is 6.48. The van der Waals surface area contributed by atoms with Crippen molar-refractivity contribution in [3.8, 4) is 22.5 Å². The van der Waals surface area contributed by atoms with Crippen LogP contribution in [0.2, 0.25) is 0 Å². The van der Waals surface area contributed by atoms with Crippen LogP contribution >= 0.6 is 0 Å². The van der Waals surface area contributed by atoms with E-state index in [4.69, 9.17) is 14.3 Å².